The average Bonchev–Trinajstić information content (AvgIpc) is 3.68. The van der Waals surface area contributed by atoms with Gasteiger partial charge in [0.25, 0.3) is 0 Å². The molecule has 43 heavy (non-hydrogen) atoms. The Morgan fingerprint density at radius 3 is 2.44 bits per heavy atom. The van der Waals surface area contributed by atoms with Gasteiger partial charge in [0.15, 0.2) is 11.5 Å². The zero-order chi connectivity index (χ0) is 31.0. The standard InChI is InChI=1S/C31H44N4O7S/c1-22(2)20-35(43(39,40)26-11-12-27-28(16-26)42-21-41-27)31(38,17-24-7-5-4-6-8-24)13-14-32-29(36)15-23(3)18-34-30(37)19-33-25-9-10-25/h4-8,11-12,16,22-23,25,33,38H,9-10,13-15,17-21H2,1-3H3,(H,32,36)(H,34,37). The number of nitrogens with one attached hydrogen (secondary N) is 3. The largest absolute Gasteiger partial charge is 0.454 e. The molecule has 4 N–H and O–H groups in total. The monoisotopic (exact) mass is 616 g/mol. The number of aliphatic hydroxyl groups is 1. The van der Waals surface area contributed by atoms with E-state index in [0.29, 0.717) is 24.1 Å². The predicted octanol–water partition coefficient (Wildman–Crippen LogP) is 2.39. The van der Waals surface area contributed by atoms with Crippen molar-refractivity contribution in [3.8, 4) is 11.5 Å². The molecule has 2 atom stereocenters. The predicted molar refractivity (Wildman–Crippen MR) is 162 cm³/mol. The summed E-state index contributed by atoms with van der Waals surface area (Å²) in [6.45, 7) is 6.40. The van der Waals surface area contributed by atoms with Gasteiger partial charge in [-0.2, -0.15) is 4.31 Å². The molecule has 1 saturated carbocycles. The van der Waals surface area contributed by atoms with Gasteiger partial charge in [0.05, 0.1) is 11.4 Å². The molecule has 236 valence electrons. The third-order valence-electron chi connectivity index (χ3n) is 7.42. The fourth-order valence-electron chi connectivity index (χ4n) is 4.95. The maximum Gasteiger partial charge on any atom is 0.245 e. The number of rotatable bonds is 17. The first kappa shape index (κ1) is 32.7. The highest BCUT2D eigenvalue weighted by molar-refractivity contribution is 7.89. The summed E-state index contributed by atoms with van der Waals surface area (Å²) in [6.07, 6.45) is 2.37. The minimum Gasteiger partial charge on any atom is -0.454 e. The fraction of sp³-hybridized carbons (Fsp3) is 0.548. The molecule has 12 heteroatoms. The number of carbonyl (C=O) groups excluding carboxylic acids is 2. The summed E-state index contributed by atoms with van der Waals surface area (Å²) in [7, 11) is -4.20. The smallest absolute Gasteiger partial charge is 0.245 e. The lowest BCUT2D eigenvalue weighted by molar-refractivity contribution is -0.124. The van der Waals surface area contributed by atoms with Crippen LogP contribution in [0.1, 0.15) is 52.0 Å². The van der Waals surface area contributed by atoms with Gasteiger partial charge >= 0.3 is 0 Å². The summed E-state index contributed by atoms with van der Waals surface area (Å²) < 4.78 is 40.1. The van der Waals surface area contributed by atoms with E-state index in [-0.39, 0.29) is 74.2 Å². The summed E-state index contributed by atoms with van der Waals surface area (Å²) in [5.41, 5.74) is -1.09. The number of carbonyl (C=O) groups is 2. The highest BCUT2D eigenvalue weighted by atomic mass is 32.2. The first-order valence-corrected chi connectivity index (χ1v) is 16.4. The number of ether oxygens (including phenoxy) is 2. The molecule has 2 aromatic carbocycles. The van der Waals surface area contributed by atoms with Gasteiger partial charge in [0.1, 0.15) is 5.72 Å². The first-order valence-electron chi connectivity index (χ1n) is 14.9. The third kappa shape index (κ3) is 9.40. The third-order valence-corrected chi connectivity index (χ3v) is 9.33. The molecule has 11 nitrogen and oxygen atoms in total. The summed E-state index contributed by atoms with van der Waals surface area (Å²) in [4.78, 5) is 24.8. The molecule has 2 aromatic rings. The van der Waals surface area contributed by atoms with Crippen LogP contribution in [0.5, 0.6) is 11.5 Å². The molecule has 2 unspecified atom stereocenters. The van der Waals surface area contributed by atoms with Gasteiger partial charge in [-0.3, -0.25) is 9.59 Å². The highest BCUT2D eigenvalue weighted by Crippen LogP contribution is 2.37. The Bertz CT molecular complexity index is 1350. The number of hydrogen-bond acceptors (Lipinski definition) is 8. The van der Waals surface area contributed by atoms with Crippen molar-refractivity contribution in [2.24, 2.45) is 11.8 Å². The van der Waals surface area contributed by atoms with E-state index in [2.05, 4.69) is 16.0 Å². The molecule has 1 aliphatic heterocycles. The Hall–Kier alpha value is -3.19. The topological polar surface area (TPSA) is 146 Å². The van der Waals surface area contributed by atoms with Crippen LogP contribution in [0.2, 0.25) is 0 Å². The molecule has 1 aliphatic carbocycles. The second kappa shape index (κ2) is 14.5. The van der Waals surface area contributed by atoms with E-state index in [0.717, 1.165) is 22.7 Å². The van der Waals surface area contributed by atoms with E-state index in [1.54, 1.807) is 6.07 Å². The number of nitrogens with zero attached hydrogens (tertiary/aromatic N) is 1. The first-order chi connectivity index (χ1) is 20.5. The van der Waals surface area contributed by atoms with Crippen LogP contribution in [-0.2, 0) is 26.0 Å². The van der Waals surface area contributed by atoms with Crippen LogP contribution in [0.3, 0.4) is 0 Å². The maximum absolute atomic E-state index is 14.1. The normalized spacial score (nSPS) is 16.6. The summed E-state index contributed by atoms with van der Waals surface area (Å²) >= 11 is 0. The van der Waals surface area contributed by atoms with E-state index >= 15 is 0 Å². The zero-order valence-corrected chi connectivity index (χ0v) is 26.0. The molecule has 1 heterocycles. The SMILES string of the molecule is CC(C)CN(C(O)(CCNC(=O)CC(C)CNC(=O)CNC1CC1)Cc1ccccc1)S(=O)(=O)c1ccc2c(c1)OCO2. The van der Waals surface area contributed by atoms with Crippen molar-refractivity contribution in [2.45, 2.75) is 69.5 Å². The molecule has 0 bridgehead atoms. The molecule has 0 saturated heterocycles. The summed E-state index contributed by atoms with van der Waals surface area (Å²) in [6, 6.07) is 14.0. The van der Waals surface area contributed by atoms with Crippen molar-refractivity contribution in [3.05, 3.63) is 54.1 Å². The minimum atomic E-state index is -4.20. The lowest BCUT2D eigenvalue weighted by atomic mass is 9.98. The fourth-order valence-corrected chi connectivity index (χ4v) is 6.80. The number of fused-ring (bicyclic) bond motifs is 1. The van der Waals surface area contributed by atoms with E-state index in [1.165, 1.54) is 12.1 Å². The molecular weight excluding hydrogens is 572 g/mol. The second-order valence-corrected chi connectivity index (χ2v) is 13.8. The van der Waals surface area contributed by atoms with Gasteiger partial charge < -0.3 is 30.5 Å². The van der Waals surface area contributed by atoms with Crippen molar-refractivity contribution in [3.63, 3.8) is 0 Å². The number of benzene rings is 2. The lowest BCUT2D eigenvalue weighted by Gasteiger charge is -2.40. The van der Waals surface area contributed by atoms with Gasteiger partial charge in [0.2, 0.25) is 28.6 Å². The molecule has 0 radical (unpaired) electrons. The highest BCUT2D eigenvalue weighted by Gasteiger charge is 2.43. The molecular formula is C31H44N4O7S. The van der Waals surface area contributed by atoms with Gasteiger partial charge in [-0.05, 0) is 42.4 Å². The minimum absolute atomic E-state index is 0.00873. The molecule has 2 aliphatic rings. The van der Waals surface area contributed by atoms with Crippen molar-refractivity contribution in [2.75, 3.05) is 33.0 Å². The van der Waals surface area contributed by atoms with Crippen molar-refractivity contribution >= 4 is 21.8 Å². The lowest BCUT2D eigenvalue weighted by Crippen LogP contribution is -2.55. The van der Waals surface area contributed by atoms with E-state index in [9.17, 15) is 23.1 Å². The van der Waals surface area contributed by atoms with Crippen molar-refractivity contribution in [1.29, 1.82) is 0 Å². The van der Waals surface area contributed by atoms with Crippen LogP contribution in [-0.4, -0.2) is 74.4 Å². The number of hydrogen-bond donors (Lipinski definition) is 4. The van der Waals surface area contributed by atoms with Crippen molar-refractivity contribution in [1.82, 2.24) is 20.3 Å². The molecule has 0 spiro atoms. The maximum atomic E-state index is 14.1. The molecule has 4 rings (SSSR count). The Balaban J connectivity index is 1.44. The van der Waals surface area contributed by atoms with Gasteiger partial charge in [0, 0.05) is 51.0 Å². The van der Waals surface area contributed by atoms with Gasteiger partial charge in [-0.15, -0.1) is 0 Å². The Morgan fingerprint density at radius 2 is 1.74 bits per heavy atom. The van der Waals surface area contributed by atoms with E-state index in [1.807, 2.05) is 51.1 Å². The summed E-state index contributed by atoms with van der Waals surface area (Å²) in [5, 5.41) is 21.0. The van der Waals surface area contributed by atoms with Gasteiger partial charge in [-0.1, -0.05) is 51.1 Å². The van der Waals surface area contributed by atoms with Crippen LogP contribution >= 0.6 is 0 Å². The van der Waals surface area contributed by atoms with E-state index < -0.39 is 15.7 Å². The summed E-state index contributed by atoms with van der Waals surface area (Å²) in [5.74, 6) is 0.246. The second-order valence-electron chi connectivity index (χ2n) is 12.0. The van der Waals surface area contributed by atoms with Crippen LogP contribution in [0.15, 0.2) is 53.4 Å². The Kier molecular flexibility index (Phi) is 11.0. The van der Waals surface area contributed by atoms with E-state index in [4.69, 9.17) is 9.47 Å². The zero-order valence-electron chi connectivity index (χ0n) is 25.2. The molecule has 2 amide bonds. The van der Waals surface area contributed by atoms with Crippen LogP contribution in [0.4, 0.5) is 0 Å². The van der Waals surface area contributed by atoms with Crippen LogP contribution < -0.4 is 25.4 Å². The van der Waals surface area contributed by atoms with Crippen molar-refractivity contribution < 1.29 is 32.6 Å². The quantitative estimate of drug-likeness (QED) is 0.198. The molecule has 0 aromatic heterocycles. The number of amides is 2. The van der Waals surface area contributed by atoms with Crippen LogP contribution in [0.25, 0.3) is 0 Å². The number of sulfonamides is 1. The Labute approximate surface area is 254 Å². The van der Waals surface area contributed by atoms with Gasteiger partial charge in [-0.25, -0.2) is 8.42 Å². The van der Waals surface area contributed by atoms with Crippen LogP contribution in [0, 0.1) is 11.8 Å². The average molecular weight is 617 g/mol. The Morgan fingerprint density at radius 1 is 1.02 bits per heavy atom. The molecule has 1 fully saturated rings.